The zero-order valence-electron chi connectivity index (χ0n) is 35.9. The molecule has 2 aromatic carbocycles. The van der Waals surface area contributed by atoms with Gasteiger partial charge in [0.25, 0.3) is 11.8 Å². The number of amides is 4. The summed E-state index contributed by atoms with van der Waals surface area (Å²) in [5.41, 5.74) is 1.46. The first kappa shape index (κ1) is 44.4. The largest absolute Gasteiger partial charge is 0.393 e. The first-order chi connectivity index (χ1) is 30.0. The van der Waals surface area contributed by atoms with Gasteiger partial charge in [0.05, 0.1) is 18.2 Å². The topological polar surface area (TPSA) is 221 Å². The van der Waals surface area contributed by atoms with Crippen LogP contribution in [0.15, 0.2) is 84.5 Å². The van der Waals surface area contributed by atoms with Gasteiger partial charge in [0.15, 0.2) is 23.5 Å². The number of aliphatic hydroxyl groups excluding tert-OH is 3. The Morgan fingerprint density at radius 2 is 1.68 bits per heavy atom. The van der Waals surface area contributed by atoms with Crippen molar-refractivity contribution in [2.75, 3.05) is 18.5 Å². The molecule has 8 rings (SSSR count). The summed E-state index contributed by atoms with van der Waals surface area (Å²) >= 11 is 0. The number of imide groups is 1. The average Bonchev–Trinajstić information content (AvgIpc) is 3.87. The minimum Gasteiger partial charge on any atom is -0.393 e. The van der Waals surface area contributed by atoms with Gasteiger partial charge in [-0.1, -0.05) is 61.9 Å². The van der Waals surface area contributed by atoms with Crippen molar-refractivity contribution in [3.63, 3.8) is 0 Å². The molecule has 15 nitrogen and oxygen atoms in total. The van der Waals surface area contributed by atoms with E-state index < -0.39 is 89.3 Å². The van der Waals surface area contributed by atoms with E-state index in [1.807, 2.05) is 55.5 Å². The lowest BCUT2D eigenvalue weighted by atomic mass is 9.46. The van der Waals surface area contributed by atoms with Crippen LogP contribution < -0.4 is 16.0 Å². The van der Waals surface area contributed by atoms with Crippen LogP contribution in [0.25, 0.3) is 0 Å². The van der Waals surface area contributed by atoms with Crippen molar-refractivity contribution in [3.05, 3.63) is 101 Å². The highest BCUT2D eigenvalue weighted by Crippen LogP contribution is 2.70. The highest BCUT2D eigenvalue weighted by molar-refractivity contribution is 6.12. The van der Waals surface area contributed by atoms with Crippen LogP contribution in [0.4, 0.5) is 5.69 Å². The number of fused-ring (bicyclic) bond motifs is 7. The molecule has 2 heterocycles. The fourth-order valence-corrected chi connectivity index (χ4v) is 11.6. The summed E-state index contributed by atoms with van der Waals surface area (Å²) in [6, 6.07) is 13.2. The maximum Gasteiger partial charge on any atom is 0.253 e. The van der Waals surface area contributed by atoms with Gasteiger partial charge in [-0.25, -0.2) is 0 Å². The van der Waals surface area contributed by atoms with Gasteiger partial charge >= 0.3 is 0 Å². The fraction of sp³-hybridized carbons (Fsp3) is 0.500. The standard InChI is InChI=1S/C48H56N4O11/c1-26(49-39(57)17-19-52-40(58)14-15-41(52)59)43(60)50-27(2)44(61)51-32-7-5-6-29(21-32)20-28-8-10-30(11-9-28)45-62-38-23-35-34-13-12-31-22-33(54)16-18-46(31,3)42(34)36(55)24-47(35,4)48(38,63-45)37(56)25-53/h5-11,14-16,18,21-22,26-27,34-36,38-39,42,45,49,53,55,57H,12-13,17,19-20,23-25H2,1-4H3,(H,50,60)(H,51,61)/t26-,27-,34-,35-,36-,38+,39?,42+,45+,46-,47-,48+/m0/s1. The second kappa shape index (κ2) is 17.1. The van der Waals surface area contributed by atoms with Crippen molar-refractivity contribution in [3.8, 4) is 0 Å². The van der Waals surface area contributed by atoms with Crippen LogP contribution in [0.1, 0.15) is 82.8 Å². The monoisotopic (exact) mass is 864 g/mol. The van der Waals surface area contributed by atoms with E-state index in [0.717, 1.165) is 46.6 Å². The molecule has 1 unspecified atom stereocenters. The molecule has 0 bridgehead atoms. The number of carbonyl (C=O) groups excluding carboxylic acids is 6. The Labute approximate surface area is 366 Å². The van der Waals surface area contributed by atoms with Gasteiger partial charge in [0, 0.05) is 53.1 Å². The molecule has 6 N–H and O–H groups in total. The van der Waals surface area contributed by atoms with Crippen LogP contribution in [-0.4, -0.2) is 105 Å². The van der Waals surface area contributed by atoms with Gasteiger partial charge in [-0.2, -0.15) is 0 Å². The molecule has 63 heavy (non-hydrogen) atoms. The van der Waals surface area contributed by atoms with E-state index in [4.69, 9.17) is 9.47 Å². The number of ether oxygens (including phenoxy) is 2. The normalized spacial score (nSPS) is 33.2. The van der Waals surface area contributed by atoms with E-state index in [9.17, 15) is 44.1 Å². The third-order valence-electron chi connectivity index (χ3n) is 14.8. The molecule has 15 heteroatoms. The van der Waals surface area contributed by atoms with Crippen molar-refractivity contribution >= 4 is 40.9 Å². The molecule has 0 spiro atoms. The highest BCUT2D eigenvalue weighted by Gasteiger charge is 2.76. The van der Waals surface area contributed by atoms with Crippen LogP contribution in [0.3, 0.4) is 0 Å². The Hall–Kier alpha value is -5.16. The summed E-state index contributed by atoms with van der Waals surface area (Å²) in [7, 11) is 0. The van der Waals surface area contributed by atoms with E-state index in [0.29, 0.717) is 30.5 Å². The minimum absolute atomic E-state index is 0.00781. The minimum atomic E-state index is -1.45. The first-order valence-corrected chi connectivity index (χ1v) is 21.8. The average molecular weight is 865 g/mol. The number of ketones is 2. The molecule has 2 aromatic rings. The molecular formula is C48H56N4O11. The lowest BCUT2D eigenvalue weighted by Crippen LogP contribution is -2.63. The zero-order chi connectivity index (χ0) is 45.0. The van der Waals surface area contributed by atoms with Crippen molar-refractivity contribution < 1.29 is 53.6 Å². The molecule has 0 aromatic heterocycles. The molecule has 334 valence electrons. The van der Waals surface area contributed by atoms with Crippen molar-refractivity contribution in [1.29, 1.82) is 0 Å². The highest BCUT2D eigenvalue weighted by atomic mass is 16.7. The molecule has 4 aliphatic carbocycles. The lowest BCUT2D eigenvalue weighted by Gasteiger charge is -2.59. The van der Waals surface area contributed by atoms with Gasteiger partial charge in [-0.05, 0) is 93.2 Å². The molecule has 4 fully saturated rings. The third-order valence-corrected chi connectivity index (χ3v) is 14.8. The van der Waals surface area contributed by atoms with E-state index in [-0.39, 0.29) is 36.5 Å². The fourth-order valence-electron chi connectivity index (χ4n) is 11.6. The number of benzene rings is 2. The van der Waals surface area contributed by atoms with Crippen LogP contribution in [0.2, 0.25) is 0 Å². The number of aliphatic hydroxyl groups is 3. The molecule has 12 atom stereocenters. The number of carbonyl (C=O) groups is 6. The van der Waals surface area contributed by atoms with Gasteiger partial charge in [-0.15, -0.1) is 0 Å². The molecular weight excluding hydrogens is 809 g/mol. The van der Waals surface area contributed by atoms with Gasteiger partial charge < -0.3 is 35.4 Å². The van der Waals surface area contributed by atoms with Crippen LogP contribution in [-0.2, 0) is 44.7 Å². The van der Waals surface area contributed by atoms with Gasteiger partial charge in [-0.3, -0.25) is 39.0 Å². The number of hydrogen-bond acceptors (Lipinski definition) is 12. The Bertz CT molecular complexity index is 2270. The van der Waals surface area contributed by atoms with Crippen molar-refractivity contribution in [1.82, 2.24) is 15.5 Å². The number of anilines is 1. The van der Waals surface area contributed by atoms with Crippen LogP contribution >= 0.6 is 0 Å². The van der Waals surface area contributed by atoms with E-state index >= 15 is 0 Å². The second-order valence-corrected chi connectivity index (χ2v) is 18.5. The number of hydrogen-bond donors (Lipinski definition) is 6. The van der Waals surface area contributed by atoms with E-state index in [1.165, 1.54) is 6.92 Å². The third kappa shape index (κ3) is 7.93. The molecule has 6 aliphatic rings. The van der Waals surface area contributed by atoms with Gasteiger partial charge in [0.1, 0.15) is 18.9 Å². The predicted octanol–water partition coefficient (Wildman–Crippen LogP) is 2.94. The molecule has 1 saturated heterocycles. The molecule has 2 aliphatic heterocycles. The Morgan fingerprint density at radius 3 is 2.40 bits per heavy atom. The number of rotatable bonds is 14. The summed E-state index contributed by atoms with van der Waals surface area (Å²) in [6.07, 6.45) is 7.07. The molecule has 4 amide bonds. The smallest absolute Gasteiger partial charge is 0.253 e. The Kier molecular flexibility index (Phi) is 12.1. The van der Waals surface area contributed by atoms with Gasteiger partial charge in [0.2, 0.25) is 11.8 Å². The molecule has 3 saturated carbocycles. The quantitative estimate of drug-likeness (QED) is 0.119. The van der Waals surface area contributed by atoms with E-state index in [2.05, 4.69) is 22.9 Å². The Balaban J connectivity index is 0.868. The summed E-state index contributed by atoms with van der Waals surface area (Å²) < 4.78 is 13.4. The summed E-state index contributed by atoms with van der Waals surface area (Å²) in [5, 5.41) is 40.8. The van der Waals surface area contributed by atoms with Crippen LogP contribution in [0, 0.1) is 28.6 Å². The SMILES string of the molecule is C[C@H](NC(=O)[C@H](C)NC(O)CCN1C(=O)C=CC1=O)C(=O)Nc1cccc(Cc2ccc([C@@H]3O[C@@H]4C[C@H]5[C@@H]6CCC7=CC(=O)C=C[C@]7(C)[C@H]6[C@@H](O)C[C@]5(C)[C@]4(C(=O)CO)O3)cc2)c1. The predicted molar refractivity (Wildman–Crippen MR) is 228 cm³/mol. The maximum absolute atomic E-state index is 13.9. The first-order valence-electron chi connectivity index (χ1n) is 21.8. The second-order valence-electron chi connectivity index (χ2n) is 18.5. The van der Waals surface area contributed by atoms with Crippen LogP contribution in [0.5, 0.6) is 0 Å². The summed E-state index contributed by atoms with van der Waals surface area (Å²) in [6.45, 7) is 6.46. The zero-order valence-corrected chi connectivity index (χ0v) is 35.9. The number of nitrogens with one attached hydrogen (secondary N) is 3. The maximum atomic E-state index is 13.9. The van der Waals surface area contributed by atoms with E-state index in [1.54, 1.807) is 25.1 Å². The summed E-state index contributed by atoms with van der Waals surface area (Å²) in [5.74, 6) is -2.44. The number of allylic oxidation sites excluding steroid dienone is 4. The van der Waals surface area contributed by atoms with Crippen molar-refractivity contribution in [2.24, 2.45) is 28.6 Å². The lowest BCUT2D eigenvalue weighted by molar-refractivity contribution is -0.201. The Morgan fingerprint density at radius 1 is 0.952 bits per heavy atom. The summed E-state index contributed by atoms with van der Waals surface area (Å²) in [4.78, 5) is 76.6. The number of Topliss-reactive ketones (excluding diaryl/α,β-unsaturated/α-hetero) is 1. The van der Waals surface area contributed by atoms with Crippen molar-refractivity contribution in [2.45, 2.75) is 109 Å². The number of nitrogens with zero attached hydrogens (tertiary/aromatic N) is 1. The molecule has 0 radical (unpaired) electrons.